The number of anilines is 1. The van der Waals surface area contributed by atoms with Crippen molar-refractivity contribution in [1.82, 2.24) is 19.2 Å². The molecular formula is C21H28ClN5O5S. The summed E-state index contributed by atoms with van der Waals surface area (Å²) in [6.45, 7) is 2.95. The number of aromatic nitrogens is 2. The molecule has 1 aromatic carbocycles. The molecule has 1 aliphatic rings. The summed E-state index contributed by atoms with van der Waals surface area (Å²) in [5, 5.41) is 5.73. The number of rotatable bonds is 8. The minimum absolute atomic E-state index is 0.0198. The first kappa shape index (κ1) is 25.2. The summed E-state index contributed by atoms with van der Waals surface area (Å²) in [5.41, 5.74) is 0.770. The molecule has 12 heteroatoms. The highest BCUT2D eigenvalue weighted by Gasteiger charge is 2.33. The smallest absolute Gasteiger partial charge is 0.262 e. The molecule has 1 aliphatic heterocycles. The molecule has 0 unspecified atom stereocenters. The van der Waals surface area contributed by atoms with Crippen LogP contribution in [-0.2, 0) is 26.6 Å². The number of halogens is 1. The van der Waals surface area contributed by atoms with Crippen LogP contribution in [0.4, 0.5) is 5.69 Å². The van der Waals surface area contributed by atoms with Gasteiger partial charge in [0.15, 0.2) is 5.03 Å². The summed E-state index contributed by atoms with van der Waals surface area (Å²) in [7, 11) is -0.409. The lowest BCUT2D eigenvalue weighted by Gasteiger charge is -2.30. The number of nitrogens with zero attached hydrogens (tertiary/aromatic N) is 3. The molecule has 2 amide bonds. The van der Waals surface area contributed by atoms with Crippen molar-refractivity contribution in [2.45, 2.75) is 24.8 Å². The van der Waals surface area contributed by atoms with Gasteiger partial charge in [-0.25, -0.2) is 13.4 Å². The summed E-state index contributed by atoms with van der Waals surface area (Å²) >= 11 is 6.22. The van der Waals surface area contributed by atoms with Crippen molar-refractivity contribution < 1.29 is 22.7 Å². The zero-order valence-corrected chi connectivity index (χ0v) is 20.4. The second-order valence-corrected chi connectivity index (χ2v) is 10.1. The normalized spacial score (nSPS) is 15.4. The zero-order valence-electron chi connectivity index (χ0n) is 18.8. The standard InChI is InChI=1S/C21H28ClN5O5S/c1-14-24-19(13-26(14)2)33(30,31)27-9-6-15(7-10-27)20(28)25-16-4-5-17(18(22)12-16)21(29)23-8-11-32-3/h4-5,12-13,15H,6-11H2,1-3H3,(H,23,29)(H,25,28). The maximum Gasteiger partial charge on any atom is 0.262 e. The minimum Gasteiger partial charge on any atom is -0.383 e. The molecule has 33 heavy (non-hydrogen) atoms. The number of hydrogen-bond acceptors (Lipinski definition) is 6. The molecule has 1 aromatic heterocycles. The highest BCUT2D eigenvalue weighted by molar-refractivity contribution is 7.89. The zero-order chi connectivity index (χ0) is 24.2. The Balaban J connectivity index is 1.57. The molecule has 1 fully saturated rings. The van der Waals surface area contributed by atoms with E-state index >= 15 is 0 Å². The van der Waals surface area contributed by atoms with Gasteiger partial charge in [0, 0.05) is 51.6 Å². The monoisotopic (exact) mass is 497 g/mol. The summed E-state index contributed by atoms with van der Waals surface area (Å²) in [6.07, 6.45) is 2.28. The first-order chi connectivity index (χ1) is 15.6. The van der Waals surface area contributed by atoms with E-state index in [1.54, 1.807) is 37.8 Å². The van der Waals surface area contributed by atoms with Gasteiger partial charge in [0.2, 0.25) is 5.91 Å². The van der Waals surface area contributed by atoms with Crippen molar-refractivity contribution in [3.63, 3.8) is 0 Å². The number of piperidine rings is 1. The van der Waals surface area contributed by atoms with Crippen LogP contribution in [0.5, 0.6) is 0 Å². The van der Waals surface area contributed by atoms with Gasteiger partial charge in [0.05, 0.1) is 17.2 Å². The molecule has 2 N–H and O–H groups in total. The van der Waals surface area contributed by atoms with Crippen LogP contribution < -0.4 is 10.6 Å². The van der Waals surface area contributed by atoms with Gasteiger partial charge in [-0.3, -0.25) is 9.59 Å². The number of sulfonamides is 1. The average Bonchev–Trinajstić information content (AvgIpc) is 3.13. The number of aryl methyl sites for hydroxylation is 2. The van der Waals surface area contributed by atoms with Crippen molar-refractivity contribution in [3.05, 3.63) is 40.8 Å². The van der Waals surface area contributed by atoms with E-state index in [1.807, 2.05) is 0 Å². The van der Waals surface area contributed by atoms with E-state index in [0.717, 1.165) is 0 Å². The summed E-state index contributed by atoms with van der Waals surface area (Å²) in [5.74, 6) is -0.265. The molecule has 180 valence electrons. The highest BCUT2D eigenvalue weighted by atomic mass is 35.5. The number of carbonyl (C=O) groups excluding carboxylic acids is 2. The maximum atomic E-state index is 12.8. The van der Waals surface area contributed by atoms with Gasteiger partial charge in [-0.15, -0.1) is 0 Å². The molecule has 10 nitrogen and oxygen atoms in total. The number of methoxy groups -OCH3 is 1. The number of benzene rings is 1. The number of hydrogen-bond donors (Lipinski definition) is 2. The van der Waals surface area contributed by atoms with Gasteiger partial charge >= 0.3 is 0 Å². The average molecular weight is 498 g/mol. The Hall–Kier alpha value is -2.47. The molecule has 0 atom stereocenters. The number of amides is 2. The Morgan fingerprint density at radius 2 is 1.97 bits per heavy atom. The predicted octanol–water partition coefficient (Wildman–Crippen LogP) is 1.80. The fraction of sp³-hybridized carbons (Fsp3) is 0.476. The summed E-state index contributed by atoms with van der Waals surface area (Å²) < 4.78 is 33.6. The lowest BCUT2D eigenvalue weighted by molar-refractivity contribution is -0.120. The summed E-state index contributed by atoms with van der Waals surface area (Å²) in [4.78, 5) is 29.0. The van der Waals surface area contributed by atoms with Gasteiger partial charge in [-0.1, -0.05) is 11.6 Å². The van der Waals surface area contributed by atoms with Crippen LogP contribution in [0.15, 0.2) is 29.4 Å². The third kappa shape index (κ3) is 5.91. The van der Waals surface area contributed by atoms with Crippen molar-refractivity contribution in [1.29, 1.82) is 0 Å². The fourth-order valence-electron chi connectivity index (χ4n) is 3.52. The van der Waals surface area contributed by atoms with Crippen LogP contribution in [0.2, 0.25) is 5.02 Å². The molecule has 0 aliphatic carbocycles. The maximum absolute atomic E-state index is 12.8. The highest BCUT2D eigenvalue weighted by Crippen LogP contribution is 2.26. The third-order valence-corrected chi connectivity index (χ3v) is 7.67. The van der Waals surface area contributed by atoms with E-state index in [2.05, 4.69) is 15.6 Å². The Morgan fingerprint density at radius 3 is 2.55 bits per heavy atom. The number of ether oxygens (including phenoxy) is 1. The summed E-state index contributed by atoms with van der Waals surface area (Å²) in [6, 6.07) is 4.68. The number of carbonyl (C=O) groups is 2. The van der Waals surface area contributed by atoms with Crippen LogP contribution >= 0.6 is 11.6 Å². The lowest BCUT2D eigenvalue weighted by atomic mass is 9.97. The molecular weight excluding hydrogens is 470 g/mol. The molecule has 0 saturated carbocycles. The van der Waals surface area contributed by atoms with E-state index in [4.69, 9.17) is 16.3 Å². The van der Waals surface area contributed by atoms with E-state index in [9.17, 15) is 18.0 Å². The van der Waals surface area contributed by atoms with E-state index in [-0.39, 0.29) is 40.9 Å². The van der Waals surface area contributed by atoms with Gasteiger partial charge < -0.3 is 19.9 Å². The second kappa shape index (κ2) is 10.6. The fourth-order valence-corrected chi connectivity index (χ4v) is 5.29. The number of nitrogens with one attached hydrogen (secondary N) is 2. The Kier molecular flexibility index (Phi) is 8.11. The van der Waals surface area contributed by atoms with Crippen LogP contribution in [0.25, 0.3) is 0 Å². The van der Waals surface area contributed by atoms with Crippen molar-refractivity contribution >= 4 is 39.1 Å². The van der Waals surface area contributed by atoms with Crippen LogP contribution in [0, 0.1) is 12.8 Å². The molecule has 0 spiro atoms. The topological polar surface area (TPSA) is 123 Å². The van der Waals surface area contributed by atoms with Crippen LogP contribution in [-0.4, -0.2) is 67.4 Å². The SMILES string of the molecule is COCCNC(=O)c1ccc(NC(=O)C2CCN(S(=O)(=O)c3cn(C)c(C)n3)CC2)cc1Cl. The molecule has 0 radical (unpaired) electrons. The quantitative estimate of drug-likeness (QED) is 0.536. The minimum atomic E-state index is -3.69. The van der Waals surface area contributed by atoms with Gasteiger partial charge in [0.1, 0.15) is 5.82 Å². The third-order valence-electron chi connectivity index (χ3n) is 5.59. The Morgan fingerprint density at radius 1 is 1.27 bits per heavy atom. The molecule has 3 rings (SSSR count). The Bertz CT molecular complexity index is 1110. The van der Waals surface area contributed by atoms with Crippen LogP contribution in [0.3, 0.4) is 0 Å². The van der Waals surface area contributed by atoms with Gasteiger partial charge in [0.25, 0.3) is 15.9 Å². The van der Waals surface area contributed by atoms with Crippen molar-refractivity contribution in [2.24, 2.45) is 13.0 Å². The number of imidazole rings is 1. The van der Waals surface area contributed by atoms with Crippen molar-refractivity contribution in [3.8, 4) is 0 Å². The van der Waals surface area contributed by atoms with Crippen LogP contribution in [0.1, 0.15) is 29.0 Å². The molecule has 2 heterocycles. The van der Waals surface area contributed by atoms with Gasteiger partial charge in [-0.05, 0) is 38.0 Å². The van der Waals surface area contributed by atoms with E-state index < -0.39 is 10.0 Å². The molecule has 0 bridgehead atoms. The second-order valence-electron chi connectivity index (χ2n) is 7.85. The Labute approximate surface area is 198 Å². The predicted molar refractivity (Wildman–Crippen MR) is 124 cm³/mol. The first-order valence-corrected chi connectivity index (χ1v) is 12.3. The lowest BCUT2D eigenvalue weighted by Crippen LogP contribution is -2.41. The molecule has 2 aromatic rings. The largest absolute Gasteiger partial charge is 0.383 e. The van der Waals surface area contributed by atoms with E-state index in [1.165, 1.54) is 16.6 Å². The first-order valence-electron chi connectivity index (χ1n) is 10.5. The van der Waals surface area contributed by atoms with E-state index in [0.29, 0.717) is 43.1 Å². The molecule has 1 saturated heterocycles. The van der Waals surface area contributed by atoms with Crippen molar-refractivity contribution in [2.75, 3.05) is 38.7 Å². The van der Waals surface area contributed by atoms with Gasteiger partial charge in [-0.2, -0.15) is 4.31 Å².